The second-order valence-corrected chi connectivity index (χ2v) is 4.47. The van der Waals surface area contributed by atoms with Gasteiger partial charge in [0.2, 0.25) is 0 Å². The zero-order valence-corrected chi connectivity index (χ0v) is 11.8. The van der Waals surface area contributed by atoms with Gasteiger partial charge in [0.05, 0.1) is 19.7 Å². The van der Waals surface area contributed by atoms with Gasteiger partial charge >= 0.3 is 5.97 Å². The summed E-state index contributed by atoms with van der Waals surface area (Å²) in [7, 11) is 3.00. The van der Waals surface area contributed by atoms with Crippen LogP contribution in [0.1, 0.15) is 15.9 Å². The number of nitrogens with one attached hydrogen (secondary N) is 1. The van der Waals surface area contributed by atoms with Crippen molar-refractivity contribution in [2.45, 2.75) is 6.42 Å². The maximum atomic E-state index is 12.0. The molecule has 0 spiro atoms. The Labute approximate surface area is 121 Å². The lowest BCUT2D eigenvalue weighted by Crippen LogP contribution is -2.14. The van der Waals surface area contributed by atoms with Crippen molar-refractivity contribution in [2.75, 3.05) is 18.2 Å². The monoisotopic (exact) mass is 288 g/mol. The van der Waals surface area contributed by atoms with Crippen LogP contribution in [0.2, 0.25) is 0 Å². The number of ether oxygens (including phenoxy) is 1. The number of methoxy groups -OCH3 is 1. The minimum absolute atomic E-state index is 0.195. The summed E-state index contributed by atoms with van der Waals surface area (Å²) in [5.41, 5.74) is 7.47. The number of carbonyl (C=O) groups is 2. The zero-order chi connectivity index (χ0) is 15.4. The molecule has 0 bridgehead atoms. The van der Waals surface area contributed by atoms with Crippen molar-refractivity contribution in [3.63, 3.8) is 0 Å². The fraction of sp³-hybridized carbons (Fsp3) is 0.214. The van der Waals surface area contributed by atoms with Crippen LogP contribution in [-0.4, -0.2) is 28.8 Å². The van der Waals surface area contributed by atoms with Crippen molar-refractivity contribution < 1.29 is 14.3 Å². The van der Waals surface area contributed by atoms with E-state index in [1.165, 1.54) is 18.0 Å². The lowest BCUT2D eigenvalue weighted by atomic mass is 10.1. The van der Waals surface area contributed by atoms with Crippen molar-refractivity contribution in [1.82, 2.24) is 9.78 Å². The first-order valence-electron chi connectivity index (χ1n) is 6.26. The number of rotatable bonds is 4. The van der Waals surface area contributed by atoms with Crippen LogP contribution < -0.4 is 11.1 Å². The minimum Gasteiger partial charge on any atom is -0.469 e. The van der Waals surface area contributed by atoms with E-state index in [2.05, 4.69) is 15.2 Å². The SMILES string of the molecule is COC(=O)Cc1ccc(NC(=O)c2cnn(C)c2N)cc1. The van der Waals surface area contributed by atoms with Crippen LogP contribution in [0.3, 0.4) is 0 Å². The Balaban J connectivity index is 2.05. The van der Waals surface area contributed by atoms with E-state index in [1.54, 1.807) is 31.3 Å². The Morgan fingerprint density at radius 3 is 2.52 bits per heavy atom. The fourth-order valence-corrected chi connectivity index (χ4v) is 1.77. The molecule has 0 radical (unpaired) electrons. The molecule has 0 aliphatic rings. The van der Waals surface area contributed by atoms with Crippen LogP contribution in [0.4, 0.5) is 11.5 Å². The van der Waals surface area contributed by atoms with E-state index in [1.807, 2.05) is 0 Å². The van der Waals surface area contributed by atoms with Crippen molar-refractivity contribution in [2.24, 2.45) is 7.05 Å². The molecule has 1 aromatic heterocycles. The van der Waals surface area contributed by atoms with E-state index >= 15 is 0 Å². The van der Waals surface area contributed by atoms with Crippen LogP contribution in [0.25, 0.3) is 0 Å². The van der Waals surface area contributed by atoms with Gasteiger partial charge in [-0.05, 0) is 17.7 Å². The average Bonchev–Trinajstić information content (AvgIpc) is 2.81. The number of carbonyl (C=O) groups excluding carboxylic acids is 2. The fourth-order valence-electron chi connectivity index (χ4n) is 1.77. The normalized spacial score (nSPS) is 10.2. The Bertz CT molecular complexity index is 661. The molecule has 2 rings (SSSR count). The summed E-state index contributed by atoms with van der Waals surface area (Å²) in [5.74, 6) is -0.342. The van der Waals surface area contributed by atoms with Gasteiger partial charge in [-0.2, -0.15) is 5.10 Å². The highest BCUT2D eigenvalue weighted by molar-refractivity contribution is 6.07. The Hall–Kier alpha value is -2.83. The third-order valence-electron chi connectivity index (χ3n) is 3.02. The number of amides is 1. The molecule has 1 heterocycles. The van der Waals surface area contributed by atoms with E-state index in [0.717, 1.165) is 5.56 Å². The van der Waals surface area contributed by atoms with Gasteiger partial charge in [0.1, 0.15) is 11.4 Å². The van der Waals surface area contributed by atoms with Gasteiger partial charge in [-0.25, -0.2) is 0 Å². The van der Waals surface area contributed by atoms with Crippen LogP contribution in [-0.2, 0) is 23.0 Å². The van der Waals surface area contributed by atoms with Crippen LogP contribution >= 0.6 is 0 Å². The Morgan fingerprint density at radius 1 is 1.33 bits per heavy atom. The van der Waals surface area contributed by atoms with Gasteiger partial charge in [0, 0.05) is 12.7 Å². The van der Waals surface area contributed by atoms with E-state index in [4.69, 9.17) is 5.73 Å². The van der Waals surface area contributed by atoms with Crippen molar-refractivity contribution in [3.8, 4) is 0 Å². The largest absolute Gasteiger partial charge is 0.469 e. The number of nitrogens with two attached hydrogens (primary N) is 1. The summed E-state index contributed by atoms with van der Waals surface area (Å²) in [5, 5.41) is 6.63. The molecule has 1 amide bonds. The zero-order valence-electron chi connectivity index (χ0n) is 11.8. The molecule has 0 aliphatic carbocycles. The molecule has 7 nitrogen and oxygen atoms in total. The number of hydrogen-bond donors (Lipinski definition) is 2. The predicted molar refractivity (Wildman–Crippen MR) is 77.7 cm³/mol. The highest BCUT2D eigenvalue weighted by Gasteiger charge is 2.13. The quantitative estimate of drug-likeness (QED) is 0.817. The molecule has 0 unspecified atom stereocenters. The molecule has 0 aliphatic heterocycles. The van der Waals surface area contributed by atoms with Crippen molar-refractivity contribution in [1.29, 1.82) is 0 Å². The second kappa shape index (κ2) is 6.08. The molecule has 0 atom stereocenters. The summed E-state index contributed by atoms with van der Waals surface area (Å²) in [6, 6.07) is 6.92. The molecule has 0 saturated heterocycles. The van der Waals surface area contributed by atoms with E-state index in [0.29, 0.717) is 17.1 Å². The number of hydrogen-bond acceptors (Lipinski definition) is 5. The molecular formula is C14H16N4O3. The van der Waals surface area contributed by atoms with Crippen molar-refractivity contribution in [3.05, 3.63) is 41.6 Å². The van der Waals surface area contributed by atoms with Crippen LogP contribution in [0, 0.1) is 0 Å². The van der Waals surface area contributed by atoms with Crippen LogP contribution in [0.15, 0.2) is 30.5 Å². The molecule has 3 N–H and O–H groups in total. The first-order chi connectivity index (χ1) is 10.0. The molecule has 7 heteroatoms. The molecule has 1 aromatic carbocycles. The first kappa shape index (κ1) is 14.6. The molecule has 0 saturated carbocycles. The summed E-state index contributed by atoms with van der Waals surface area (Å²) in [4.78, 5) is 23.2. The van der Waals surface area contributed by atoms with Crippen LogP contribution in [0.5, 0.6) is 0 Å². The van der Waals surface area contributed by atoms with Gasteiger partial charge in [-0.3, -0.25) is 14.3 Å². The smallest absolute Gasteiger partial charge is 0.309 e. The van der Waals surface area contributed by atoms with Gasteiger partial charge in [0.25, 0.3) is 5.91 Å². The molecule has 0 fully saturated rings. The number of benzene rings is 1. The molecule has 21 heavy (non-hydrogen) atoms. The van der Waals surface area contributed by atoms with E-state index in [9.17, 15) is 9.59 Å². The number of nitrogen functional groups attached to an aromatic ring is 1. The van der Waals surface area contributed by atoms with Gasteiger partial charge in [-0.1, -0.05) is 12.1 Å². The number of aromatic nitrogens is 2. The average molecular weight is 288 g/mol. The highest BCUT2D eigenvalue weighted by Crippen LogP contribution is 2.15. The maximum absolute atomic E-state index is 12.0. The lowest BCUT2D eigenvalue weighted by molar-refractivity contribution is -0.139. The standard InChI is InChI=1S/C14H16N4O3/c1-18-13(15)11(8-16-18)14(20)17-10-5-3-9(4-6-10)7-12(19)21-2/h3-6,8H,7,15H2,1-2H3,(H,17,20). The minimum atomic E-state index is -0.332. The molecular weight excluding hydrogens is 272 g/mol. The number of nitrogens with zero attached hydrogens (tertiary/aromatic N) is 2. The number of esters is 1. The third kappa shape index (κ3) is 3.38. The first-order valence-corrected chi connectivity index (χ1v) is 6.26. The number of aryl methyl sites for hydroxylation is 1. The number of anilines is 2. The predicted octanol–water partition coefficient (Wildman–Crippen LogP) is 0.970. The lowest BCUT2D eigenvalue weighted by Gasteiger charge is -2.06. The Kier molecular flexibility index (Phi) is 4.22. The van der Waals surface area contributed by atoms with Crippen molar-refractivity contribution >= 4 is 23.4 Å². The second-order valence-electron chi connectivity index (χ2n) is 4.47. The van der Waals surface area contributed by atoms with E-state index < -0.39 is 0 Å². The summed E-state index contributed by atoms with van der Waals surface area (Å²) < 4.78 is 6.02. The summed E-state index contributed by atoms with van der Waals surface area (Å²) >= 11 is 0. The topological polar surface area (TPSA) is 99.2 Å². The maximum Gasteiger partial charge on any atom is 0.309 e. The molecule has 2 aromatic rings. The molecule has 110 valence electrons. The van der Waals surface area contributed by atoms with Gasteiger partial charge in [0.15, 0.2) is 0 Å². The van der Waals surface area contributed by atoms with Gasteiger partial charge < -0.3 is 15.8 Å². The highest BCUT2D eigenvalue weighted by atomic mass is 16.5. The Morgan fingerprint density at radius 2 is 2.00 bits per heavy atom. The summed E-state index contributed by atoms with van der Waals surface area (Å²) in [6.45, 7) is 0. The summed E-state index contributed by atoms with van der Waals surface area (Å²) in [6.07, 6.45) is 1.61. The van der Waals surface area contributed by atoms with E-state index in [-0.39, 0.29) is 18.3 Å². The van der Waals surface area contributed by atoms with Gasteiger partial charge in [-0.15, -0.1) is 0 Å². The third-order valence-corrected chi connectivity index (χ3v) is 3.02.